The van der Waals surface area contributed by atoms with Crippen molar-refractivity contribution in [2.75, 3.05) is 5.73 Å². The van der Waals surface area contributed by atoms with Crippen molar-refractivity contribution in [2.24, 2.45) is 0 Å². The van der Waals surface area contributed by atoms with Crippen LogP contribution in [0, 0.1) is 13.8 Å². The molecule has 19 heavy (non-hydrogen) atoms. The van der Waals surface area contributed by atoms with Crippen LogP contribution < -0.4 is 11.3 Å². The summed E-state index contributed by atoms with van der Waals surface area (Å²) in [5.74, 6) is 0.459. The topological polar surface area (TPSA) is 89.1 Å². The van der Waals surface area contributed by atoms with Crippen molar-refractivity contribution in [1.29, 1.82) is 0 Å². The first kappa shape index (κ1) is 11.5. The van der Waals surface area contributed by atoms with E-state index in [0.29, 0.717) is 11.5 Å². The number of nitrogens with one attached hydrogen (secondary N) is 1. The molecule has 96 valence electrons. The number of fused-ring (bicyclic) bond motifs is 1. The van der Waals surface area contributed by atoms with Gasteiger partial charge in [-0.25, -0.2) is 14.5 Å². The van der Waals surface area contributed by atoms with E-state index in [9.17, 15) is 4.79 Å². The van der Waals surface area contributed by atoms with Crippen molar-refractivity contribution in [2.45, 2.75) is 13.8 Å². The maximum absolute atomic E-state index is 12.0. The summed E-state index contributed by atoms with van der Waals surface area (Å²) in [6.07, 6.45) is 0. The number of nitrogen functional groups attached to an aromatic ring is 1. The number of aryl methyl sites for hydroxylation is 2. The lowest BCUT2D eigenvalue weighted by Gasteiger charge is -2.06. The van der Waals surface area contributed by atoms with E-state index < -0.39 is 0 Å². The number of nitrogens with two attached hydrogens (primary N) is 1. The van der Waals surface area contributed by atoms with E-state index in [-0.39, 0.29) is 11.5 Å². The molecule has 1 aromatic carbocycles. The Morgan fingerprint density at radius 3 is 2.84 bits per heavy atom. The van der Waals surface area contributed by atoms with E-state index in [2.05, 4.69) is 15.2 Å². The van der Waals surface area contributed by atoms with E-state index >= 15 is 0 Å². The molecule has 0 saturated heterocycles. The highest BCUT2D eigenvalue weighted by atomic mass is 16.1. The summed E-state index contributed by atoms with van der Waals surface area (Å²) in [6, 6.07) is 7.52. The monoisotopic (exact) mass is 255 g/mol. The second kappa shape index (κ2) is 3.94. The molecule has 0 spiro atoms. The average Bonchev–Trinajstić information content (AvgIpc) is 2.74. The zero-order chi connectivity index (χ0) is 13.6. The molecule has 3 aromatic rings. The first-order valence-electron chi connectivity index (χ1n) is 5.87. The fourth-order valence-electron chi connectivity index (χ4n) is 2.09. The zero-order valence-corrected chi connectivity index (χ0v) is 10.6. The second-order valence-electron chi connectivity index (χ2n) is 4.54. The molecule has 0 fully saturated rings. The highest BCUT2D eigenvalue weighted by Gasteiger charge is 2.10. The highest BCUT2D eigenvalue weighted by Crippen LogP contribution is 2.22. The molecule has 0 atom stereocenters. The van der Waals surface area contributed by atoms with Crippen LogP contribution in [0.15, 0.2) is 29.1 Å². The zero-order valence-electron chi connectivity index (χ0n) is 10.6. The van der Waals surface area contributed by atoms with E-state index in [4.69, 9.17) is 5.73 Å². The molecule has 0 bridgehead atoms. The molecule has 6 nitrogen and oxygen atoms in total. The van der Waals surface area contributed by atoms with Crippen molar-refractivity contribution in [3.63, 3.8) is 0 Å². The minimum atomic E-state index is -0.243. The van der Waals surface area contributed by atoms with Gasteiger partial charge in [0.1, 0.15) is 0 Å². The molecule has 0 radical (unpaired) electrons. The smallest absolute Gasteiger partial charge is 0.262 e. The summed E-state index contributed by atoms with van der Waals surface area (Å²) in [4.78, 5) is 16.4. The molecule has 0 unspecified atom stereocenters. The summed E-state index contributed by atoms with van der Waals surface area (Å²) in [5.41, 5.74) is 9.10. The Balaban J connectivity index is 2.32. The van der Waals surface area contributed by atoms with Gasteiger partial charge < -0.3 is 5.73 Å². The minimum Gasteiger partial charge on any atom is -0.368 e. The largest absolute Gasteiger partial charge is 0.368 e. The number of nitrogens with zero attached hydrogens (tertiary/aromatic N) is 3. The van der Waals surface area contributed by atoms with Crippen molar-refractivity contribution in [1.82, 2.24) is 19.6 Å². The van der Waals surface area contributed by atoms with Gasteiger partial charge in [0.2, 0.25) is 11.7 Å². The van der Waals surface area contributed by atoms with Crippen LogP contribution in [0.4, 0.5) is 5.95 Å². The first-order valence-corrected chi connectivity index (χ1v) is 5.87. The third-order valence-electron chi connectivity index (χ3n) is 3.09. The average molecular weight is 255 g/mol. The number of hydrogen-bond donors (Lipinski definition) is 2. The lowest BCUT2D eigenvalue weighted by atomic mass is 10.0. The maximum atomic E-state index is 12.0. The fraction of sp³-hybridized carbons (Fsp3) is 0.154. The van der Waals surface area contributed by atoms with Gasteiger partial charge in [-0.3, -0.25) is 4.79 Å². The van der Waals surface area contributed by atoms with E-state index in [1.165, 1.54) is 10.5 Å². The van der Waals surface area contributed by atoms with Gasteiger partial charge in [-0.2, -0.15) is 0 Å². The number of H-pyrrole nitrogens is 1. The Morgan fingerprint density at radius 2 is 2.05 bits per heavy atom. The van der Waals surface area contributed by atoms with Crippen molar-refractivity contribution >= 4 is 11.7 Å². The van der Waals surface area contributed by atoms with Gasteiger partial charge in [0.15, 0.2) is 0 Å². The molecule has 0 aliphatic carbocycles. The lowest BCUT2D eigenvalue weighted by molar-refractivity contribution is 1.06. The third kappa shape index (κ3) is 1.77. The van der Waals surface area contributed by atoms with Crippen LogP contribution in [0.3, 0.4) is 0 Å². The highest BCUT2D eigenvalue weighted by molar-refractivity contribution is 5.65. The van der Waals surface area contributed by atoms with E-state index in [1.54, 1.807) is 0 Å². The molecule has 0 saturated carbocycles. The van der Waals surface area contributed by atoms with Gasteiger partial charge >= 0.3 is 0 Å². The van der Waals surface area contributed by atoms with Gasteiger partial charge in [0.05, 0.1) is 5.69 Å². The number of benzene rings is 1. The molecule has 3 N–H and O–H groups in total. The Hall–Kier alpha value is -2.63. The maximum Gasteiger partial charge on any atom is 0.262 e. The molecule has 3 rings (SSSR count). The van der Waals surface area contributed by atoms with Crippen LogP contribution in [0.5, 0.6) is 0 Å². The summed E-state index contributed by atoms with van der Waals surface area (Å²) in [7, 11) is 0. The summed E-state index contributed by atoms with van der Waals surface area (Å²) >= 11 is 0. The van der Waals surface area contributed by atoms with Crippen LogP contribution in [-0.2, 0) is 0 Å². The van der Waals surface area contributed by atoms with Crippen molar-refractivity contribution in [3.05, 3.63) is 45.7 Å². The lowest BCUT2D eigenvalue weighted by Crippen LogP contribution is -2.15. The normalized spacial score (nSPS) is 11.1. The Bertz CT molecular complexity index is 831. The molecular formula is C13H13N5O. The van der Waals surface area contributed by atoms with Crippen molar-refractivity contribution < 1.29 is 0 Å². The third-order valence-corrected chi connectivity index (χ3v) is 3.09. The molecule has 0 amide bonds. The molecule has 0 aliphatic rings. The molecule has 6 heteroatoms. The number of hydrogen-bond acceptors (Lipinski definition) is 4. The van der Waals surface area contributed by atoms with Gasteiger partial charge in [0, 0.05) is 11.6 Å². The predicted molar refractivity (Wildman–Crippen MR) is 72.9 cm³/mol. The fourth-order valence-corrected chi connectivity index (χ4v) is 2.09. The Kier molecular flexibility index (Phi) is 2.38. The van der Waals surface area contributed by atoms with Crippen LogP contribution in [0.25, 0.3) is 17.0 Å². The Labute approximate surface area is 108 Å². The van der Waals surface area contributed by atoms with Crippen molar-refractivity contribution in [3.8, 4) is 11.3 Å². The van der Waals surface area contributed by atoms with Crippen LogP contribution in [0.1, 0.15) is 11.1 Å². The van der Waals surface area contributed by atoms with E-state index in [1.807, 2.05) is 32.0 Å². The SMILES string of the molecule is Cc1ccc(C)c(-c2cc(=O)n3c(N)n[nH]c3n2)c1. The molecule has 2 heterocycles. The Morgan fingerprint density at radius 1 is 1.26 bits per heavy atom. The van der Waals surface area contributed by atoms with Gasteiger partial charge in [-0.1, -0.05) is 17.7 Å². The number of rotatable bonds is 1. The van der Waals surface area contributed by atoms with Crippen LogP contribution in [0.2, 0.25) is 0 Å². The standard InChI is InChI=1S/C13H13N5O/c1-7-3-4-8(2)9(5-7)10-6-11(19)18-12(14)16-17-13(18)15-10/h3-6H,1-2H3,(H2,14,16)(H,15,17). The van der Waals surface area contributed by atoms with E-state index in [0.717, 1.165) is 16.7 Å². The summed E-state index contributed by atoms with van der Waals surface area (Å²) in [6.45, 7) is 3.99. The minimum absolute atomic E-state index is 0.111. The van der Waals surface area contributed by atoms with Gasteiger partial charge in [-0.15, -0.1) is 5.10 Å². The number of aromatic nitrogens is 4. The van der Waals surface area contributed by atoms with Crippen LogP contribution >= 0.6 is 0 Å². The van der Waals surface area contributed by atoms with Gasteiger partial charge in [0.25, 0.3) is 5.56 Å². The van der Waals surface area contributed by atoms with Gasteiger partial charge in [-0.05, 0) is 25.5 Å². The molecule has 0 aliphatic heterocycles. The first-order chi connectivity index (χ1) is 9.06. The number of aromatic amines is 1. The summed E-state index contributed by atoms with van der Waals surface area (Å²) < 4.78 is 1.24. The predicted octanol–water partition coefficient (Wildman–Crippen LogP) is 1.28. The van der Waals surface area contributed by atoms with Crippen LogP contribution in [-0.4, -0.2) is 19.6 Å². The number of anilines is 1. The molecular weight excluding hydrogens is 242 g/mol. The second-order valence-corrected chi connectivity index (χ2v) is 4.54. The molecule has 2 aromatic heterocycles. The quantitative estimate of drug-likeness (QED) is 0.685. The summed E-state index contributed by atoms with van der Waals surface area (Å²) in [5, 5.41) is 6.43.